The van der Waals surface area contributed by atoms with Gasteiger partial charge in [-0.3, -0.25) is 4.79 Å². The molecule has 0 aliphatic heterocycles. The normalized spacial score (nSPS) is 18.7. The van der Waals surface area contributed by atoms with E-state index in [2.05, 4.69) is 5.32 Å². The smallest absolute Gasteiger partial charge is 0.246 e. The van der Waals surface area contributed by atoms with Crippen LogP contribution in [-0.2, 0) is 15.1 Å². The summed E-state index contributed by atoms with van der Waals surface area (Å²) in [6, 6.07) is 5.61. The Hall–Kier alpha value is -1.46. The zero-order valence-corrected chi connectivity index (χ0v) is 13.0. The lowest BCUT2D eigenvalue weighted by molar-refractivity contribution is -0.129. The van der Waals surface area contributed by atoms with E-state index in [1.807, 2.05) is 0 Å². The summed E-state index contributed by atoms with van der Waals surface area (Å²) in [5, 5.41) is 13.0. The van der Waals surface area contributed by atoms with Gasteiger partial charge in [0.1, 0.15) is 18.0 Å². The molecule has 5 heteroatoms. The molecule has 4 nitrogen and oxygen atoms in total. The number of hydrogen-bond donors (Lipinski definition) is 2. The van der Waals surface area contributed by atoms with Crippen molar-refractivity contribution in [3.8, 4) is 0 Å². The Kier molecular flexibility index (Phi) is 5.91. The maximum absolute atomic E-state index is 12.9. The molecular weight excluding hydrogens is 285 g/mol. The summed E-state index contributed by atoms with van der Waals surface area (Å²) >= 11 is 0. The number of carbonyl (C=O) groups is 1. The highest BCUT2D eigenvalue weighted by molar-refractivity contribution is 5.77. The van der Waals surface area contributed by atoms with Crippen molar-refractivity contribution in [2.45, 2.75) is 50.7 Å². The van der Waals surface area contributed by atoms with Gasteiger partial charge >= 0.3 is 0 Å². The standard InChI is InChI=1S/C17H24FNO3/c1-17(21,13-7-9-14(18)10-8-13)12-19-16(20)11-22-15-5-3-2-4-6-15/h7-10,15,21H,2-6,11-12H2,1H3,(H,19,20). The summed E-state index contributed by atoms with van der Waals surface area (Å²) in [4.78, 5) is 11.8. The molecule has 1 aliphatic rings. The predicted molar refractivity (Wildman–Crippen MR) is 81.8 cm³/mol. The van der Waals surface area contributed by atoms with Crippen LogP contribution in [0.4, 0.5) is 4.39 Å². The van der Waals surface area contributed by atoms with Gasteiger partial charge in [-0.15, -0.1) is 0 Å². The number of halogens is 1. The molecule has 1 amide bonds. The summed E-state index contributed by atoms with van der Waals surface area (Å²) in [5.74, 6) is -0.600. The number of carbonyl (C=O) groups excluding carboxylic acids is 1. The largest absolute Gasteiger partial charge is 0.384 e. The lowest BCUT2D eigenvalue weighted by Gasteiger charge is -2.25. The van der Waals surface area contributed by atoms with Crippen LogP contribution in [-0.4, -0.2) is 30.3 Å². The van der Waals surface area contributed by atoms with E-state index in [1.165, 1.54) is 30.7 Å². The molecule has 0 aromatic heterocycles. The molecule has 122 valence electrons. The molecule has 0 bridgehead atoms. The lowest BCUT2D eigenvalue weighted by Crippen LogP contribution is -2.40. The van der Waals surface area contributed by atoms with Gasteiger partial charge in [-0.25, -0.2) is 4.39 Å². The zero-order chi connectivity index (χ0) is 16.0. The van der Waals surface area contributed by atoms with Gasteiger partial charge < -0.3 is 15.2 Å². The van der Waals surface area contributed by atoms with Gasteiger partial charge in [-0.1, -0.05) is 31.4 Å². The molecule has 1 aliphatic carbocycles. The summed E-state index contributed by atoms with van der Waals surface area (Å²) in [6.45, 7) is 1.66. The molecule has 1 aromatic rings. The quantitative estimate of drug-likeness (QED) is 0.849. The monoisotopic (exact) mass is 309 g/mol. The van der Waals surface area contributed by atoms with E-state index in [0.29, 0.717) is 5.56 Å². The van der Waals surface area contributed by atoms with Gasteiger partial charge in [0.2, 0.25) is 5.91 Å². The minimum absolute atomic E-state index is 0.0180. The van der Waals surface area contributed by atoms with Crippen LogP contribution in [0.2, 0.25) is 0 Å². The first kappa shape index (κ1) is 16.9. The second-order valence-electron chi connectivity index (χ2n) is 6.13. The number of benzene rings is 1. The second-order valence-corrected chi connectivity index (χ2v) is 6.13. The summed E-state index contributed by atoms with van der Waals surface area (Å²) < 4.78 is 18.5. The fourth-order valence-corrected chi connectivity index (χ4v) is 2.66. The number of rotatable bonds is 6. The van der Waals surface area contributed by atoms with E-state index < -0.39 is 5.60 Å². The van der Waals surface area contributed by atoms with Crippen LogP contribution >= 0.6 is 0 Å². The summed E-state index contributed by atoms with van der Waals surface area (Å²) in [6.07, 6.45) is 5.77. The topological polar surface area (TPSA) is 58.6 Å². The van der Waals surface area contributed by atoms with Crippen molar-refractivity contribution >= 4 is 5.91 Å². The van der Waals surface area contributed by atoms with Crippen LogP contribution in [0.15, 0.2) is 24.3 Å². The van der Waals surface area contributed by atoms with Crippen LogP contribution in [0.5, 0.6) is 0 Å². The minimum atomic E-state index is -1.24. The molecular formula is C17H24FNO3. The molecule has 0 saturated heterocycles. The van der Waals surface area contributed by atoms with Gasteiger partial charge in [0.25, 0.3) is 0 Å². The minimum Gasteiger partial charge on any atom is -0.384 e. The van der Waals surface area contributed by atoms with E-state index in [4.69, 9.17) is 4.74 Å². The fourth-order valence-electron chi connectivity index (χ4n) is 2.66. The first-order chi connectivity index (χ1) is 10.5. The third-order valence-electron chi connectivity index (χ3n) is 4.10. The van der Waals surface area contributed by atoms with Crippen LogP contribution in [0.3, 0.4) is 0 Å². The van der Waals surface area contributed by atoms with E-state index in [-0.39, 0.29) is 31.0 Å². The Morgan fingerprint density at radius 1 is 1.32 bits per heavy atom. The number of ether oxygens (including phenoxy) is 1. The molecule has 1 unspecified atom stereocenters. The average molecular weight is 309 g/mol. The molecule has 2 rings (SSSR count). The third kappa shape index (κ3) is 5.07. The molecule has 0 radical (unpaired) electrons. The Morgan fingerprint density at radius 2 is 1.95 bits per heavy atom. The summed E-state index contributed by atoms with van der Waals surface area (Å²) in [5.41, 5.74) is -0.684. The fraction of sp³-hybridized carbons (Fsp3) is 0.588. The molecule has 0 heterocycles. The number of amides is 1. The molecule has 1 fully saturated rings. The van der Waals surface area contributed by atoms with Gasteiger partial charge in [-0.05, 0) is 37.5 Å². The molecule has 1 atom stereocenters. The number of hydrogen-bond acceptors (Lipinski definition) is 3. The van der Waals surface area contributed by atoms with E-state index in [0.717, 1.165) is 25.7 Å². The highest BCUT2D eigenvalue weighted by Crippen LogP contribution is 2.21. The van der Waals surface area contributed by atoms with Gasteiger partial charge in [0.15, 0.2) is 0 Å². The van der Waals surface area contributed by atoms with Gasteiger partial charge in [0.05, 0.1) is 12.6 Å². The highest BCUT2D eigenvalue weighted by Gasteiger charge is 2.24. The zero-order valence-electron chi connectivity index (χ0n) is 13.0. The van der Waals surface area contributed by atoms with Crippen molar-refractivity contribution in [2.75, 3.05) is 13.2 Å². The number of aliphatic hydroxyl groups is 1. The van der Waals surface area contributed by atoms with E-state index in [1.54, 1.807) is 6.92 Å². The Bertz CT molecular complexity index is 481. The van der Waals surface area contributed by atoms with Crippen LogP contribution in [0.25, 0.3) is 0 Å². The van der Waals surface area contributed by atoms with Gasteiger partial charge in [0, 0.05) is 0 Å². The van der Waals surface area contributed by atoms with Crippen LogP contribution in [0.1, 0.15) is 44.6 Å². The first-order valence-electron chi connectivity index (χ1n) is 7.84. The van der Waals surface area contributed by atoms with Crippen molar-refractivity contribution in [2.24, 2.45) is 0 Å². The SMILES string of the molecule is CC(O)(CNC(=O)COC1CCCCC1)c1ccc(F)cc1. The van der Waals surface area contributed by atoms with E-state index in [9.17, 15) is 14.3 Å². The Labute approximate surface area is 130 Å². The van der Waals surface area contributed by atoms with Crippen molar-refractivity contribution in [1.82, 2.24) is 5.32 Å². The molecule has 0 spiro atoms. The maximum Gasteiger partial charge on any atom is 0.246 e. The summed E-state index contributed by atoms with van der Waals surface area (Å²) in [7, 11) is 0. The molecule has 2 N–H and O–H groups in total. The second kappa shape index (κ2) is 7.70. The van der Waals surface area contributed by atoms with Gasteiger partial charge in [-0.2, -0.15) is 0 Å². The first-order valence-corrected chi connectivity index (χ1v) is 7.84. The average Bonchev–Trinajstić information content (AvgIpc) is 2.52. The third-order valence-corrected chi connectivity index (χ3v) is 4.10. The molecule has 1 saturated carbocycles. The Morgan fingerprint density at radius 3 is 2.59 bits per heavy atom. The van der Waals surface area contributed by atoms with Crippen molar-refractivity contribution < 1.29 is 19.0 Å². The predicted octanol–water partition coefficient (Wildman–Crippen LogP) is 2.50. The van der Waals surface area contributed by atoms with Crippen LogP contribution < -0.4 is 5.32 Å². The Balaban J connectivity index is 1.75. The van der Waals surface area contributed by atoms with E-state index >= 15 is 0 Å². The highest BCUT2D eigenvalue weighted by atomic mass is 19.1. The number of nitrogens with one attached hydrogen (secondary N) is 1. The molecule has 22 heavy (non-hydrogen) atoms. The van der Waals surface area contributed by atoms with Crippen molar-refractivity contribution in [3.05, 3.63) is 35.6 Å². The maximum atomic E-state index is 12.9. The van der Waals surface area contributed by atoms with Crippen LogP contribution in [0, 0.1) is 5.82 Å². The van der Waals surface area contributed by atoms with Crippen molar-refractivity contribution in [3.63, 3.8) is 0 Å². The van der Waals surface area contributed by atoms with Crippen molar-refractivity contribution in [1.29, 1.82) is 0 Å². The molecule has 1 aromatic carbocycles. The lowest BCUT2D eigenvalue weighted by atomic mass is 9.96.